The number of hydrogen-bond acceptors (Lipinski definition) is 3. The SMILES string of the molecule is Nc1ccccc1NC(=O)Nc1ccc(C(=O)O)cc1. The number of nitrogen functional groups attached to an aromatic ring is 1. The molecule has 5 N–H and O–H groups in total. The highest BCUT2D eigenvalue weighted by Gasteiger charge is 2.06. The Morgan fingerprint density at radius 3 is 2.20 bits per heavy atom. The number of amides is 2. The number of anilines is 3. The molecule has 0 aromatic heterocycles. The number of para-hydroxylation sites is 2. The van der Waals surface area contributed by atoms with Gasteiger partial charge in [-0.05, 0) is 36.4 Å². The van der Waals surface area contributed by atoms with Crippen LogP contribution in [0.15, 0.2) is 48.5 Å². The van der Waals surface area contributed by atoms with E-state index in [2.05, 4.69) is 10.6 Å². The fourth-order valence-corrected chi connectivity index (χ4v) is 1.59. The quantitative estimate of drug-likeness (QED) is 0.644. The Hall–Kier alpha value is -3.02. The van der Waals surface area contributed by atoms with Gasteiger partial charge in [-0.1, -0.05) is 12.1 Å². The molecule has 0 radical (unpaired) electrons. The lowest BCUT2D eigenvalue weighted by molar-refractivity contribution is 0.0697. The molecule has 0 spiro atoms. The second-order valence-electron chi connectivity index (χ2n) is 4.05. The highest BCUT2D eigenvalue weighted by molar-refractivity contribution is 6.01. The fourth-order valence-electron chi connectivity index (χ4n) is 1.59. The van der Waals surface area contributed by atoms with Gasteiger partial charge in [-0.3, -0.25) is 0 Å². The van der Waals surface area contributed by atoms with Gasteiger partial charge in [0.25, 0.3) is 0 Å². The van der Waals surface area contributed by atoms with Crippen LogP contribution in [-0.2, 0) is 0 Å². The average Bonchev–Trinajstić information content (AvgIpc) is 2.42. The van der Waals surface area contributed by atoms with Crippen LogP contribution in [0.3, 0.4) is 0 Å². The Balaban J connectivity index is 2.01. The van der Waals surface area contributed by atoms with Gasteiger partial charge in [0, 0.05) is 5.69 Å². The van der Waals surface area contributed by atoms with Crippen molar-refractivity contribution >= 4 is 29.1 Å². The van der Waals surface area contributed by atoms with E-state index in [-0.39, 0.29) is 5.56 Å². The predicted octanol–water partition coefficient (Wildman–Crippen LogP) is 2.61. The minimum absolute atomic E-state index is 0.156. The smallest absolute Gasteiger partial charge is 0.335 e. The van der Waals surface area contributed by atoms with Gasteiger partial charge in [-0.2, -0.15) is 0 Å². The highest BCUT2D eigenvalue weighted by Crippen LogP contribution is 2.17. The molecule has 0 aliphatic carbocycles. The third-order valence-electron chi connectivity index (χ3n) is 2.60. The Bertz CT molecular complexity index is 638. The van der Waals surface area contributed by atoms with Crippen molar-refractivity contribution in [2.75, 3.05) is 16.4 Å². The number of hydrogen-bond donors (Lipinski definition) is 4. The molecule has 0 aliphatic rings. The normalized spacial score (nSPS) is 9.80. The maximum Gasteiger partial charge on any atom is 0.335 e. The van der Waals surface area contributed by atoms with Crippen LogP contribution in [0.25, 0.3) is 0 Å². The van der Waals surface area contributed by atoms with Crippen molar-refractivity contribution in [3.63, 3.8) is 0 Å². The number of nitrogens with two attached hydrogens (primary N) is 1. The molecule has 2 amide bonds. The molecular weight excluding hydrogens is 258 g/mol. The van der Waals surface area contributed by atoms with Crippen molar-refractivity contribution < 1.29 is 14.7 Å². The number of rotatable bonds is 3. The molecule has 0 unspecified atom stereocenters. The van der Waals surface area contributed by atoms with Crippen molar-refractivity contribution in [3.05, 3.63) is 54.1 Å². The van der Waals surface area contributed by atoms with Gasteiger partial charge in [-0.25, -0.2) is 9.59 Å². The number of carboxylic acid groups (broad SMARTS) is 1. The van der Waals surface area contributed by atoms with E-state index in [4.69, 9.17) is 10.8 Å². The molecule has 0 aliphatic heterocycles. The van der Waals surface area contributed by atoms with Crippen LogP contribution in [0.5, 0.6) is 0 Å². The summed E-state index contributed by atoms with van der Waals surface area (Å²) in [6.07, 6.45) is 0. The van der Waals surface area contributed by atoms with Crippen molar-refractivity contribution in [2.45, 2.75) is 0 Å². The van der Waals surface area contributed by atoms with Crippen molar-refractivity contribution in [3.8, 4) is 0 Å². The van der Waals surface area contributed by atoms with Crippen LogP contribution in [0.2, 0.25) is 0 Å². The van der Waals surface area contributed by atoms with Crippen molar-refractivity contribution in [2.24, 2.45) is 0 Å². The summed E-state index contributed by atoms with van der Waals surface area (Å²) in [7, 11) is 0. The number of urea groups is 1. The first-order chi connectivity index (χ1) is 9.56. The molecule has 0 atom stereocenters. The third kappa shape index (κ3) is 3.26. The van der Waals surface area contributed by atoms with E-state index in [1.54, 1.807) is 24.3 Å². The van der Waals surface area contributed by atoms with Crippen LogP contribution < -0.4 is 16.4 Å². The molecule has 2 rings (SSSR count). The van der Waals surface area contributed by atoms with Gasteiger partial charge >= 0.3 is 12.0 Å². The molecule has 0 bridgehead atoms. The maximum absolute atomic E-state index is 11.8. The zero-order chi connectivity index (χ0) is 14.5. The summed E-state index contributed by atoms with van der Waals surface area (Å²) in [6, 6.07) is 12.3. The van der Waals surface area contributed by atoms with Crippen LogP contribution in [0.4, 0.5) is 21.9 Å². The van der Waals surface area contributed by atoms with Crippen molar-refractivity contribution in [1.29, 1.82) is 0 Å². The zero-order valence-electron chi connectivity index (χ0n) is 10.5. The largest absolute Gasteiger partial charge is 0.478 e. The van der Waals surface area contributed by atoms with E-state index in [0.717, 1.165) is 0 Å². The van der Waals surface area contributed by atoms with Crippen LogP contribution in [-0.4, -0.2) is 17.1 Å². The molecule has 0 heterocycles. The molecule has 0 fully saturated rings. The Kier molecular flexibility index (Phi) is 3.85. The van der Waals surface area contributed by atoms with E-state index in [1.165, 1.54) is 24.3 Å². The minimum atomic E-state index is -1.02. The van der Waals surface area contributed by atoms with Crippen LogP contribution in [0.1, 0.15) is 10.4 Å². The lowest BCUT2D eigenvalue weighted by atomic mass is 10.2. The predicted molar refractivity (Wildman–Crippen MR) is 76.9 cm³/mol. The summed E-state index contributed by atoms with van der Waals surface area (Å²) in [5.74, 6) is -1.02. The van der Waals surface area contributed by atoms with Gasteiger partial charge in [-0.15, -0.1) is 0 Å². The molecule has 6 nitrogen and oxygen atoms in total. The molecule has 0 saturated heterocycles. The molecule has 0 saturated carbocycles. The van der Waals surface area contributed by atoms with Crippen molar-refractivity contribution in [1.82, 2.24) is 0 Å². The summed E-state index contributed by atoms with van der Waals surface area (Å²) < 4.78 is 0. The number of carbonyl (C=O) groups is 2. The molecule has 6 heteroatoms. The minimum Gasteiger partial charge on any atom is -0.478 e. The number of carboxylic acids is 1. The zero-order valence-corrected chi connectivity index (χ0v) is 10.5. The summed E-state index contributed by atoms with van der Waals surface area (Å²) >= 11 is 0. The Morgan fingerprint density at radius 1 is 0.950 bits per heavy atom. The van der Waals surface area contributed by atoms with E-state index in [1.807, 2.05) is 0 Å². The molecular formula is C14H13N3O3. The lowest BCUT2D eigenvalue weighted by Gasteiger charge is -2.09. The lowest BCUT2D eigenvalue weighted by Crippen LogP contribution is -2.20. The van der Waals surface area contributed by atoms with Crippen LogP contribution in [0, 0.1) is 0 Å². The summed E-state index contributed by atoms with van der Waals surface area (Å²) in [4.78, 5) is 22.5. The first-order valence-electron chi connectivity index (χ1n) is 5.82. The Morgan fingerprint density at radius 2 is 1.60 bits per heavy atom. The molecule has 20 heavy (non-hydrogen) atoms. The van der Waals surface area contributed by atoms with Gasteiger partial charge in [0.05, 0.1) is 16.9 Å². The maximum atomic E-state index is 11.8. The molecule has 102 valence electrons. The number of nitrogens with one attached hydrogen (secondary N) is 2. The Labute approximate surface area is 115 Å². The summed E-state index contributed by atoms with van der Waals surface area (Å²) in [5, 5.41) is 14.0. The highest BCUT2D eigenvalue weighted by atomic mass is 16.4. The van der Waals surface area contributed by atoms with E-state index >= 15 is 0 Å². The first kappa shape index (κ1) is 13.4. The monoisotopic (exact) mass is 271 g/mol. The third-order valence-corrected chi connectivity index (χ3v) is 2.60. The topological polar surface area (TPSA) is 104 Å². The number of benzene rings is 2. The van der Waals surface area contributed by atoms with E-state index in [0.29, 0.717) is 17.1 Å². The molecule has 2 aromatic carbocycles. The summed E-state index contributed by atoms with van der Waals surface area (Å²) in [5.41, 5.74) is 7.32. The average molecular weight is 271 g/mol. The number of aromatic carboxylic acids is 1. The van der Waals surface area contributed by atoms with E-state index < -0.39 is 12.0 Å². The second kappa shape index (κ2) is 5.75. The number of carbonyl (C=O) groups excluding carboxylic acids is 1. The van der Waals surface area contributed by atoms with Crippen LogP contribution >= 0.6 is 0 Å². The van der Waals surface area contributed by atoms with Gasteiger partial charge in [0.1, 0.15) is 0 Å². The van der Waals surface area contributed by atoms with Gasteiger partial charge in [0.2, 0.25) is 0 Å². The standard InChI is InChI=1S/C14H13N3O3/c15-11-3-1-2-4-12(11)17-14(20)16-10-7-5-9(6-8-10)13(18)19/h1-8H,15H2,(H,18,19)(H2,16,17,20). The first-order valence-corrected chi connectivity index (χ1v) is 5.82. The molecule has 2 aromatic rings. The van der Waals surface area contributed by atoms with Gasteiger partial charge in [0.15, 0.2) is 0 Å². The fraction of sp³-hybridized carbons (Fsp3) is 0. The summed E-state index contributed by atoms with van der Waals surface area (Å²) in [6.45, 7) is 0. The van der Waals surface area contributed by atoms with Gasteiger partial charge < -0.3 is 21.5 Å². The van der Waals surface area contributed by atoms with E-state index in [9.17, 15) is 9.59 Å². The second-order valence-corrected chi connectivity index (χ2v) is 4.05.